The summed E-state index contributed by atoms with van der Waals surface area (Å²) < 4.78 is 5.24. The van der Waals surface area contributed by atoms with Gasteiger partial charge in [0.25, 0.3) is 0 Å². The third kappa shape index (κ3) is 1.91. The number of carbonyl (C=O) groups excluding carboxylic acids is 2. The minimum atomic E-state index is -0.343. The maximum Gasteiger partial charge on any atom is 0.238 e. The van der Waals surface area contributed by atoms with Gasteiger partial charge in [0.05, 0.1) is 24.6 Å². The van der Waals surface area contributed by atoms with Crippen LogP contribution in [0.15, 0.2) is 35.4 Å². The van der Waals surface area contributed by atoms with E-state index in [0.717, 1.165) is 0 Å². The largest absolute Gasteiger partial charge is 0.495 e. The van der Waals surface area contributed by atoms with E-state index in [1.165, 1.54) is 12.0 Å². The molecule has 2 atom stereocenters. The second-order valence-electron chi connectivity index (χ2n) is 4.99. The summed E-state index contributed by atoms with van der Waals surface area (Å²) in [6.07, 6.45) is 2.81. The number of amides is 2. The van der Waals surface area contributed by atoms with E-state index in [4.69, 9.17) is 16.3 Å². The van der Waals surface area contributed by atoms with Crippen LogP contribution in [0.1, 0.15) is 12.8 Å². The van der Waals surface area contributed by atoms with Gasteiger partial charge >= 0.3 is 0 Å². The van der Waals surface area contributed by atoms with Gasteiger partial charge < -0.3 is 4.74 Å². The number of hydrogen-bond donors (Lipinski definition) is 0. The van der Waals surface area contributed by atoms with Crippen LogP contribution >= 0.6 is 11.6 Å². The van der Waals surface area contributed by atoms with Crippen LogP contribution in [-0.2, 0) is 9.59 Å². The van der Waals surface area contributed by atoms with Crippen LogP contribution in [0, 0.1) is 11.8 Å². The van der Waals surface area contributed by atoms with Gasteiger partial charge in [-0.25, -0.2) is 4.90 Å². The Morgan fingerprint density at radius 2 is 1.90 bits per heavy atom. The van der Waals surface area contributed by atoms with Gasteiger partial charge in [-0.1, -0.05) is 29.8 Å². The van der Waals surface area contributed by atoms with Crippen molar-refractivity contribution in [1.29, 1.82) is 0 Å². The van der Waals surface area contributed by atoms with E-state index in [2.05, 4.69) is 0 Å². The molecule has 1 aliphatic carbocycles. The number of fused-ring (bicyclic) bond motifs is 1. The molecule has 5 heteroatoms. The highest BCUT2D eigenvalue weighted by molar-refractivity contribution is 6.30. The molecule has 1 fully saturated rings. The monoisotopic (exact) mass is 291 g/mol. The van der Waals surface area contributed by atoms with E-state index >= 15 is 0 Å². The SMILES string of the molecule is COc1ccccc1N1C(=O)C2CC=C(Cl)CC2C1=O. The Morgan fingerprint density at radius 1 is 1.20 bits per heavy atom. The molecule has 0 radical (unpaired) electrons. The first-order valence-corrected chi connectivity index (χ1v) is 6.86. The van der Waals surface area contributed by atoms with E-state index in [1.54, 1.807) is 24.3 Å². The molecular weight excluding hydrogens is 278 g/mol. The molecular formula is C15H14ClNO3. The summed E-state index contributed by atoms with van der Waals surface area (Å²) in [6.45, 7) is 0. The molecule has 104 valence electrons. The van der Waals surface area contributed by atoms with E-state index in [1.807, 2.05) is 6.08 Å². The predicted octanol–water partition coefficient (Wildman–Crippen LogP) is 2.72. The lowest BCUT2D eigenvalue weighted by Crippen LogP contribution is -2.31. The first-order chi connectivity index (χ1) is 9.63. The highest BCUT2D eigenvalue weighted by Gasteiger charge is 2.49. The second-order valence-corrected chi connectivity index (χ2v) is 5.47. The number of benzene rings is 1. The second kappa shape index (κ2) is 4.94. The third-order valence-electron chi connectivity index (χ3n) is 3.90. The average molecular weight is 292 g/mol. The first kappa shape index (κ1) is 13.2. The molecule has 3 rings (SSSR count). The van der Waals surface area contributed by atoms with Gasteiger partial charge in [-0.05, 0) is 25.0 Å². The summed E-state index contributed by atoms with van der Waals surface area (Å²) in [4.78, 5) is 26.3. The number of nitrogens with zero attached hydrogens (tertiary/aromatic N) is 1. The Kier molecular flexibility index (Phi) is 3.26. The molecule has 0 spiro atoms. The lowest BCUT2D eigenvalue weighted by molar-refractivity contribution is -0.122. The first-order valence-electron chi connectivity index (χ1n) is 6.49. The van der Waals surface area contributed by atoms with Gasteiger partial charge in [0.2, 0.25) is 11.8 Å². The van der Waals surface area contributed by atoms with Crippen LogP contribution in [0.4, 0.5) is 5.69 Å². The van der Waals surface area contributed by atoms with Crippen molar-refractivity contribution < 1.29 is 14.3 Å². The van der Waals surface area contributed by atoms with Gasteiger partial charge in [0.1, 0.15) is 5.75 Å². The molecule has 0 N–H and O–H groups in total. The maximum atomic E-state index is 12.5. The lowest BCUT2D eigenvalue weighted by Gasteiger charge is -2.17. The van der Waals surface area contributed by atoms with Crippen molar-refractivity contribution in [1.82, 2.24) is 0 Å². The summed E-state index contributed by atoms with van der Waals surface area (Å²) >= 11 is 6.00. The lowest BCUT2D eigenvalue weighted by atomic mass is 9.85. The zero-order valence-corrected chi connectivity index (χ0v) is 11.8. The predicted molar refractivity (Wildman–Crippen MR) is 75.6 cm³/mol. The number of ether oxygens (including phenoxy) is 1. The number of imide groups is 1. The number of rotatable bonds is 2. The van der Waals surface area contributed by atoms with Gasteiger partial charge in [-0.3, -0.25) is 9.59 Å². The average Bonchev–Trinajstić information content (AvgIpc) is 2.70. The van der Waals surface area contributed by atoms with Crippen molar-refractivity contribution in [3.63, 3.8) is 0 Å². The van der Waals surface area contributed by atoms with Gasteiger partial charge in [0.15, 0.2) is 0 Å². The van der Waals surface area contributed by atoms with Crippen LogP contribution < -0.4 is 9.64 Å². The quantitative estimate of drug-likeness (QED) is 0.787. The topological polar surface area (TPSA) is 46.6 Å². The summed E-state index contributed by atoms with van der Waals surface area (Å²) in [7, 11) is 1.52. The van der Waals surface area contributed by atoms with E-state index in [-0.39, 0.29) is 23.7 Å². The van der Waals surface area contributed by atoms with Crippen molar-refractivity contribution >= 4 is 29.1 Å². The van der Waals surface area contributed by atoms with Crippen molar-refractivity contribution in [3.8, 4) is 5.75 Å². The summed E-state index contributed by atoms with van der Waals surface area (Å²) in [5, 5.41) is 0.661. The van der Waals surface area contributed by atoms with E-state index < -0.39 is 0 Å². The fourth-order valence-electron chi connectivity index (χ4n) is 2.88. The number of halogens is 1. The van der Waals surface area contributed by atoms with Gasteiger partial charge in [-0.2, -0.15) is 0 Å². The summed E-state index contributed by atoms with van der Waals surface area (Å²) in [6, 6.07) is 7.05. The fraction of sp³-hybridized carbons (Fsp3) is 0.333. The molecule has 0 aromatic heterocycles. The minimum Gasteiger partial charge on any atom is -0.495 e. The molecule has 0 saturated carbocycles. The molecule has 0 bridgehead atoms. The highest BCUT2D eigenvalue weighted by atomic mass is 35.5. The summed E-state index contributed by atoms with van der Waals surface area (Å²) in [5.74, 6) is -0.465. The number of para-hydroxylation sites is 2. The number of allylic oxidation sites excluding steroid dienone is 2. The Bertz CT molecular complexity index is 611. The standard InChI is InChI=1S/C15H14ClNO3/c1-20-13-5-3-2-4-12(13)17-14(18)10-7-6-9(16)8-11(10)15(17)19/h2-6,10-11H,7-8H2,1H3. The van der Waals surface area contributed by atoms with E-state index in [0.29, 0.717) is 29.3 Å². The molecule has 2 amide bonds. The van der Waals surface area contributed by atoms with Crippen LogP contribution in [0.2, 0.25) is 0 Å². The Balaban J connectivity index is 2.00. The molecule has 1 aromatic carbocycles. The minimum absolute atomic E-state index is 0.162. The molecule has 1 saturated heterocycles. The number of carbonyl (C=O) groups is 2. The third-order valence-corrected chi connectivity index (χ3v) is 4.20. The zero-order chi connectivity index (χ0) is 14.3. The summed E-state index contributed by atoms with van der Waals surface area (Å²) in [5.41, 5.74) is 0.510. The molecule has 2 aliphatic rings. The van der Waals surface area contributed by atoms with Crippen LogP contribution in [0.3, 0.4) is 0 Å². The number of hydrogen-bond acceptors (Lipinski definition) is 3. The Morgan fingerprint density at radius 3 is 2.65 bits per heavy atom. The fourth-order valence-corrected chi connectivity index (χ4v) is 3.13. The number of methoxy groups -OCH3 is 1. The van der Waals surface area contributed by atoms with Crippen molar-refractivity contribution in [2.75, 3.05) is 12.0 Å². The Hall–Kier alpha value is -1.81. The number of anilines is 1. The smallest absolute Gasteiger partial charge is 0.238 e. The molecule has 1 heterocycles. The van der Waals surface area contributed by atoms with E-state index in [9.17, 15) is 9.59 Å². The van der Waals surface area contributed by atoms with Gasteiger partial charge in [-0.15, -0.1) is 0 Å². The Labute approximate surface area is 122 Å². The van der Waals surface area contributed by atoms with Crippen LogP contribution in [0.5, 0.6) is 5.75 Å². The van der Waals surface area contributed by atoms with Crippen LogP contribution in [0.25, 0.3) is 0 Å². The molecule has 20 heavy (non-hydrogen) atoms. The molecule has 1 aromatic rings. The van der Waals surface area contributed by atoms with Crippen LogP contribution in [-0.4, -0.2) is 18.9 Å². The molecule has 4 nitrogen and oxygen atoms in total. The van der Waals surface area contributed by atoms with Gasteiger partial charge in [0, 0.05) is 5.03 Å². The highest BCUT2D eigenvalue weighted by Crippen LogP contribution is 2.42. The molecule has 1 aliphatic heterocycles. The zero-order valence-electron chi connectivity index (χ0n) is 11.0. The van der Waals surface area contributed by atoms with Crippen molar-refractivity contribution in [2.24, 2.45) is 11.8 Å². The molecule has 2 unspecified atom stereocenters. The van der Waals surface area contributed by atoms with Crippen molar-refractivity contribution in [3.05, 3.63) is 35.4 Å². The van der Waals surface area contributed by atoms with Crippen molar-refractivity contribution in [2.45, 2.75) is 12.8 Å². The maximum absolute atomic E-state index is 12.5. The normalized spacial score (nSPS) is 25.5.